The van der Waals surface area contributed by atoms with E-state index in [1.807, 2.05) is 36.0 Å². The van der Waals surface area contributed by atoms with Gasteiger partial charge in [0.1, 0.15) is 6.04 Å². The number of halogens is 1. The number of benzene rings is 1. The van der Waals surface area contributed by atoms with Crippen LogP contribution in [0.2, 0.25) is 0 Å². The Morgan fingerprint density at radius 1 is 1.50 bits per heavy atom. The number of rotatable bonds is 6. The van der Waals surface area contributed by atoms with Gasteiger partial charge in [-0.3, -0.25) is 0 Å². The van der Waals surface area contributed by atoms with Crippen molar-refractivity contribution in [2.75, 3.05) is 16.8 Å². The summed E-state index contributed by atoms with van der Waals surface area (Å²) in [5, 5.41) is 12.3. The van der Waals surface area contributed by atoms with Crippen LogP contribution in [0, 0.1) is 11.3 Å². The maximum atomic E-state index is 9.04. The first-order valence-electron chi connectivity index (χ1n) is 5.26. The minimum atomic E-state index is -0.113. The van der Waals surface area contributed by atoms with Gasteiger partial charge in [0.05, 0.1) is 6.07 Å². The minimum Gasteiger partial charge on any atom is -0.369 e. The summed E-state index contributed by atoms with van der Waals surface area (Å²) in [7, 11) is 0. The van der Waals surface area contributed by atoms with Crippen molar-refractivity contribution in [1.82, 2.24) is 0 Å². The van der Waals surface area contributed by atoms with Gasteiger partial charge in [0.2, 0.25) is 0 Å². The van der Waals surface area contributed by atoms with Crippen molar-refractivity contribution in [3.63, 3.8) is 0 Å². The number of nitrogens with one attached hydrogen (secondary N) is 1. The number of hydrogen-bond acceptors (Lipinski definition) is 3. The summed E-state index contributed by atoms with van der Waals surface area (Å²) in [4.78, 5) is 0. The van der Waals surface area contributed by atoms with Gasteiger partial charge in [-0.15, -0.1) is 0 Å². The van der Waals surface area contributed by atoms with Crippen molar-refractivity contribution in [2.45, 2.75) is 19.4 Å². The molecule has 1 N–H and O–H groups in total. The van der Waals surface area contributed by atoms with Crippen LogP contribution in [0.1, 0.15) is 13.3 Å². The summed E-state index contributed by atoms with van der Waals surface area (Å²) in [6.45, 7) is 2.13. The molecule has 0 bridgehead atoms. The Morgan fingerprint density at radius 2 is 2.25 bits per heavy atom. The van der Waals surface area contributed by atoms with Gasteiger partial charge in [-0.05, 0) is 46.0 Å². The Hall–Kier alpha value is -0.660. The van der Waals surface area contributed by atoms with Crippen molar-refractivity contribution in [3.05, 3.63) is 28.7 Å². The van der Waals surface area contributed by atoms with Crippen LogP contribution < -0.4 is 5.32 Å². The molecule has 1 atom stereocenters. The number of nitriles is 1. The normalized spacial score (nSPS) is 11.8. The number of hydrogen-bond donors (Lipinski definition) is 1. The van der Waals surface area contributed by atoms with E-state index in [0.29, 0.717) is 0 Å². The quantitative estimate of drug-likeness (QED) is 0.809. The standard InChI is InChI=1S/C12H15BrN2S/c1-2-16-8-7-10(9-14)15-12-6-4-3-5-11(12)13/h3-6,10,15H,2,7-8H2,1H3. The molecule has 0 aliphatic carbocycles. The highest BCUT2D eigenvalue weighted by molar-refractivity contribution is 9.10. The van der Waals surface area contributed by atoms with Crippen LogP contribution in [-0.4, -0.2) is 17.5 Å². The molecule has 4 heteroatoms. The Bertz CT molecular complexity index is 362. The summed E-state index contributed by atoms with van der Waals surface area (Å²) in [6.07, 6.45) is 0.871. The predicted molar refractivity (Wildman–Crippen MR) is 74.8 cm³/mol. The number of para-hydroxylation sites is 1. The molecule has 0 aromatic heterocycles. The molecule has 0 amide bonds. The molecule has 0 aliphatic rings. The number of thioether (sulfide) groups is 1. The van der Waals surface area contributed by atoms with Crippen LogP contribution in [0.5, 0.6) is 0 Å². The average molecular weight is 299 g/mol. The maximum absolute atomic E-state index is 9.04. The SMILES string of the molecule is CCSCCC(C#N)Nc1ccccc1Br. The zero-order valence-corrected chi connectivity index (χ0v) is 11.6. The first kappa shape index (κ1) is 13.4. The first-order chi connectivity index (χ1) is 7.77. The predicted octanol–water partition coefficient (Wildman–Crippen LogP) is 3.90. The molecule has 0 spiro atoms. The lowest BCUT2D eigenvalue weighted by Gasteiger charge is -2.13. The van der Waals surface area contributed by atoms with Gasteiger partial charge in [-0.2, -0.15) is 17.0 Å². The van der Waals surface area contributed by atoms with Crippen LogP contribution in [0.4, 0.5) is 5.69 Å². The summed E-state index contributed by atoms with van der Waals surface area (Å²) < 4.78 is 0.999. The molecule has 2 nitrogen and oxygen atoms in total. The number of nitrogens with zero attached hydrogens (tertiary/aromatic N) is 1. The highest BCUT2D eigenvalue weighted by Crippen LogP contribution is 2.22. The van der Waals surface area contributed by atoms with Crippen molar-refractivity contribution >= 4 is 33.4 Å². The van der Waals surface area contributed by atoms with Crippen molar-refractivity contribution < 1.29 is 0 Å². The van der Waals surface area contributed by atoms with Gasteiger partial charge in [0.15, 0.2) is 0 Å². The summed E-state index contributed by atoms with van der Waals surface area (Å²) in [5.41, 5.74) is 0.982. The highest BCUT2D eigenvalue weighted by atomic mass is 79.9. The van der Waals surface area contributed by atoms with E-state index in [1.165, 1.54) is 0 Å². The Morgan fingerprint density at radius 3 is 2.88 bits per heavy atom. The summed E-state index contributed by atoms with van der Waals surface area (Å²) in [6, 6.07) is 10.0. The van der Waals surface area contributed by atoms with E-state index >= 15 is 0 Å². The van der Waals surface area contributed by atoms with Gasteiger partial charge in [0, 0.05) is 10.2 Å². The molecule has 16 heavy (non-hydrogen) atoms. The number of anilines is 1. The van der Waals surface area contributed by atoms with Crippen molar-refractivity contribution in [1.29, 1.82) is 5.26 Å². The third kappa shape index (κ3) is 4.46. The van der Waals surface area contributed by atoms with E-state index in [9.17, 15) is 0 Å². The second-order valence-corrected chi connectivity index (χ2v) is 5.54. The third-order valence-corrected chi connectivity index (χ3v) is 3.74. The topological polar surface area (TPSA) is 35.8 Å². The van der Waals surface area contributed by atoms with Crippen molar-refractivity contribution in [2.24, 2.45) is 0 Å². The van der Waals surface area contributed by atoms with Crippen LogP contribution in [0.15, 0.2) is 28.7 Å². The molecule has 86 valence electrons. The molecular formula is C12H15BrN2S. The van der Waals surface area contributed by atoms with Crippen LogP contribution in [0.3, 0.4) is 0 Å². The Balaban J connectivity index is 2.51. The lowest BCUT2D eigenvalue weighted by molar-refractivity contribution is 0.854. The van der Waals surface area contributed by atoms with Gasteiger partial charge in [-0.1, -0.05) is 19.1 Å². The molecule has 0 radical (unpaired) electrons. The van der Waals surface area contributed by atoms with E-state index in [4.69, 9.17) is 5.26 Å². The summed E-state index contributed by atoms with van der Waals surface area (Å²) >= 11 is 5.32. The van der Waals surface area contributed by atoms with Gasteiger partial charge < -0.3 is 5.32 Å². The molecular weight excluding hydrogens is 284 g/mol. The van der Waals surface area contributed by atoms with E-state index in [1.54, 1.807) is 0 Å². The zero-order valence-electron chi connectivity index (χ0n) is 9.24. The zero-order chi connectivity index (χ0) is 11.8. The molecule has 1 rings (SSSR count). The molecule has 0 fully saturated rings. The molecule has 0 saturated carbocycles. The van der Waals surface area contributed by atoms with Crippen LogP contribution >= 0.6 is 27.7 Å². The molecule has 0 aliphatic heterocycles. The van der Waals surface area contributed by atoms with Crippen LogP contribution in [-0.2, 0) is 0 Å². The molecule has 0 heterocycles. The Labute approximate surface area is 110 Å². The van der Waals surface area contributed by atoms with Gasteiger partial charge in [0.25, 0.3) is 0 Å². The van der Waals surface area contributed by atoms with Gasteiger partial charge in [-0.25, -0.2) is 0 Å². The lowest BCUT2D eigenvalue weighted by Crippen LogP contribution is -2.18. The first-order valence-corrected chi connectivity index (χ1v) is 7.21. The van der Waals surface area contributed by atoms with E-state index < -0.39 is 0 Å². The fourth-order valence-corrected chi connectivity index (χ4v) is 2.37. The second kappa shape index (κ2) is 7.59. The fourth-order valence-electron chi connectivity index (χ4n) is 1.28. The largest absolute Gasteiger partial charge is 0.369 e. The third-order valence-electron chi connectivity index (χ3n) is 2.11. The molecule has 1 unspecified atom stereocenters. The average Bonchev–Trinajstić information content (AvgIpc) is 2.30. The molecule has 1 aromatic rings. The van der Waals surface area contributed by atoms with E-state index in [-0.39, 0.29) is 6.04 Å². The van der Waals surface area contributed by atoms with E-state index in [0.717, 1.165) is 28.1 Å². The molecule has 1 aromatic carbocycles. The Kier molecular flexibility index (Phi) is 6.36. The smallest absolute Gasteiger partial charge is 0.115 e. The fraction of sp³-hybridized carbons (Fsp3) is 0.417. The molecule has 0 saturated heterocycles. The lowest BCUT2D eigenvalue weighted by atomic mass is 10.2. The minimum absolute atomic E-state index is 0.113. The highest BCUT2D eigenvalue weighted by Gasteiger charge is 2.08. The van der Waals surface area contributed by atoms with Gasteiger partial charge >= 0.3 is 0 Å². The summed E-state index contributed by atoms with van der Waals surface area (Å²) in [5.74, 6) is 2.12. The van der Waals surface area contributed by atoms with Crippen molar-refractivity contribution in [3.8, 4) is 6.07 Å². The second-order valence-electron chi connectivity index (χ2n) is 3.29. The van der Waals surface area contributed by atoms with Crippen LogP contribution in [0.25, 0.3) is 0 Å². The van der Waals surface area contributed by atoms with E-state index in [2.05, 4.69) is 34.2 Å². The maximum Gasteiger partial charge on any atom is 0.115 e. The monoisotopic (exact) mass is 298 g/mol.